The second kappa shape index (κ2) is 5.28. The van der Waals surface area contributed by atoms with Crippen LogP contribution >= 0.6 is 0 Å². The summed E-state index contributed by atoms with van der Waals surface area (Å²) < 4.78 is 16.1. The highest BCUT2D eigenvalue weighted by molar-refractivity contribution is 5.77. The molecule has 0 aromatic carbocycles. The van der Waals surface area contributed by atoms with Crippen LogP contribution in [0.3, 0.4) is 0 Å². The number of likely N-dealkylation sites (tertiary alicyclic amines) is 1. The van der Waals surface area contributed by atoms with Crippen LogP contribution in [-0.4, -0.2) is 35.7 Å². The summed E-state index contributed by atoms with van der Waals surface area (Å²) in [7, 11) is 0. The van der Waals surface area contributed by atoms with Crippen LogP contribution in [-0.2, 0) is 16.1 Å². The van der Waals surface area contributed by atoms with Crippen molar-refractivity contribution in [2.75, 3.05) is 19.8 Å². The average Bonchev–Trinajstić information content (AvgIpc) is 3.25. The highest BCUT2D eigenvalue weighted by atomic mass is 16.5. The SMILES string of the molecule is O=C1CCC2(CCOC2)CN1Cc1cc(-c2ccco2)on1. The number of furan rings is 1. The second-order valence-corrected chi connectivity index (χ2v) is 6.21. The van der Waals surface area contributed by atoms with Gasteiger partial charge in [0.1, 0.15) is 5.69 Å². The van der Waals surface area contributed by atoms with E-state index in [4.69, 9.17) is 13.7 Å². The Kier molecular flexibility index (Phi) is 3.26. The molecule has 116 valence electrons. The largest absolute Gasteiger partial charge is 0.461 e. The first-order chi connectivity index (χ1) is 10.7. The fraction of sp³-hybridized carbons (Fsp3) is 0.500. The Bertz CT molecular complexity index is 656. The standard InChI is InChI=1S/C16H18N2O4/c19-15-3-4-16(5-7-20-11-16)10-18(15)9-12-8-14(22-17-12)13-2-1-6-21-13/h1-2,6,8H,3-5,7,9-11H2. The zero-order chi connectivity index (χ0) is 15.0. The number of hydrogen-bond acceptors (Lipinski definition) is 5. The van der Waals surface area contributed by atoms with Crippen LogP contribution < -0.4 is 0 Å². The summed E-state index contributed by atoms with van der Waals surface area (Å²) in [5, 5.41) is 4.06. The van der Waals surface area contributed by atoms with Crippen molar-refractivity contribution in [2.45, 2.75) is 25.8 Å². The number of hydrogen-bond donors (Lipinski definition) is 0. The molecule has 1 atom stereocenters. The van der Waals surface area contributed by atoms with Gasteiger partial charge in [0.05, 0.1) is 19.4 Å². The normalized spacial score (nSPS) is 25.3. The van der Waals surface area contributed by atoms with E-state index in [2.05, 4.69) is 5.16 Å². The highest BCUT2D eigenvalue weighted by Crippen LogP contribution is 2.38. The van der Waals surface area contributed by atoms with E-state index in [1.165, 1.54) is 0 Å². The molecule has 0 radical (unpaired) electrons. The van der Waals surface area contributed by atoms with Gasteiger partial charge in [0.2, 0.25) is 11.7 Å². The number of nitrogens with zero attached hydrogens (tertiary/aromatic N) is 2. The van der Waals surface area contributed by atoms with Gasteiger partial charge in [-0.05, 0) is 25.0 Å². The zero-order valence-electron chi connectivity index (χ0n) is 12.3. The summed E-state index contributed by atoms with van der Waals surface area (Å²) in [5.74, 6) is 1.41. The lowest BCUT2D eigenvalue weighted by atomic mass is 9.79. The van der Waals surface area contributed by atoms with E-state index in [1.54, 1.807) is 12.3 Å². The van der Waals surface area contributed by atoms with Crippen LogP contribution in [0.2, 0.25) is 0 Å². The third kappa shape index (κ3) is 2.43. The molecular weight excluding hydrogens is 284 g/mol. The Balaban J connectivity index is 1.49. The molecule has 0 bridgehead atoms. The van der Waals surface area contributed by atoms with E-state index >= 15 is 0 Å². The molecule has 2 aliphatic heterocycles. The molecule has 1 unspecified atom stereocenters. The van der Waals surface area contributed by atoms with Crippen molar-refractivity contribution >= 4 is 5.91 Å². The molecule has 4 heterocycles. The quantitative estimate of drug-likeness (QED) is 0.871. The maximum absolute atomic E-state index is 12.2. The summed E-state index contributed by atoms with van der Waals surface area (Å²) in [4.78, 5) is 14.1. The van der Waals surface area contributed by atoms with Crippen LogP contribution in [0, 0.1) is 5.41 Å². The lowest BCUT2D eigenvalue weighted by Gasteiger charge is -2.38. The third-order valence-corrected chi connectivity index (χ3v) is 4.61. The van der Waals surface area contributed by atoms with E-state index in [-0.39, 0.29) is 11.3 Å². The second-order valence-electron chi connectivity index (χ2n) is 6.21. The molecule has 2 aromatic heterocycles. The number of amides is 1. The smallest absolute Gasteiger partial charge is 0.222 e. The Morgan fingerprint density at radius 1 is 1.32 bits per heavy atom. The van der Waals surface area contributed by atoms with Crippen LogP contribution in [0.4, 0.5) is 0 Å². The van der Waals surface area contributed by atoms with E-state index in [9.17, 15) is 4.79 Å². The Hall–Kier alpha value is -2.08. The monoisotopic (exact) mass is 302 g/mol. The van der Waals surface area contributed by atoms with Crippen molar-refractivity contribution in [2.24, 2.45) is 5.41 Å². The van der Waals surface area contributed by atoms with E-state index in [0.717, 1.165) is 38.3 Å². The predicted octanol–water partition coefficient (Wildman–Crippen LogP) is 2.46. The first-order valence-electron chi connectivity index (χ1n) is 7.59. The summed E-state index contributed by atoms with van der Waals surface area (Å²) in [6.07, 6.45) is 4.15. The van der Waals surface area contributed by atoms with Crippen LogP contribution in [0.5, 0.6) is 0 Å². The molecule has 2 aliphatic rings. The first kappa shape index (κ1) is 13.6. The zero-order valence-corrected chi connectivity index (χ0v) is 12.3. The third-order valence-electron chi connectivity index (χ3n) is 4.61. The predicted molar refractivity (Wildman–Crippen MR) is 76.7 cm³/mol. The van der Waals surface area contributed by atoms with Gasteiger partial charge in [0.15, 0.2) is 5.76 Å². The molecule has 1 amide bonds. The van der Waals surface area contributed by atoms with Crippen molar-refractivity contribution in [1.82, 2.24) is 10.1 Å². The molecule has 1 spiro atoms. The summed E-state index contributed by atoms with van der Waals surface area (Å²) >= 11 is 0. The Labute approximate surface area is 128 Å². The molecule has 2 saturated heterocycles. The van der Waals surface area contributed by atoms with Crippen LogP contribution in [0.15, 0.2) is 33.4 Å². The highest BCUT2D eigenvalue weighted by Gasteiger charge is 2.41. The van der Waals surface area contributed by atoms with Gasteiger partial charge in [-0.2, -0.15) is 0 Å². The summed E-state index contributed by atoms with van der Waals surface area (Å²) in [6, 6.07) is 5.45. The number of ether oxygens (including phenoxy) is 1. The van der Waals surface area contributed by atoms with Gasteiger partial charge in [-0.3, -0.25) is 4.79 Å². The first-order valence-corrected chi connectivity index (χ1v) is 7.59. The fourth-order valence-corrected chi connectivity index (χ4v) is 3.33. The number of piperidine rings is 1. The minimum absolute atomic E-state index is 0.140. The molecular formula is C16H18N2O4. The van der Waals surface area contributed by atoms with E-state index in [1.807, 2.05) is 17.0 Å². The number of carbonyl (C=O) groups is 1. The number of carbonyl (C=O) groups excluding carboxylic acids is 1. The molecule has 2 fully saturated rings. The Morgan fingerprint density at radius 2 is 2.27 bits per heavy atom. The average molecular weight is 302 g/mol. The lowest BCUT2D eigenvalue weighted by molar-refractivity contribution is -0.138. The van der Waals surface area contributed by atoms with Gasteiger partial charge in [-0.1, -0.05) is 5.16 Å². The van der Waals surface area contributed by atoms with Gasteiger partial charge in [0, 0.05) is 31.1 Å². The van der Waals surface area contributed by atoms with Crippen molar-refractivity contribution in [1.29, 1.82) is 0 Å². The maximum atomic E-state index is 12.2. The van der Waals surface area contributed by atoms with E-state index < -0.39 is 0 Å². The van der Waals surface area contributed by atoms with Gasteiger partial charge in [-0.15, -0.1) is 0 Å². The summed E-state index contributed by atoms with van der Waals surface area (Å²) in [5.41, 5.74) is 0.886. The summed E-state index contributed by atoms with van der Waals surface area (Å²) in [6.45, 7) is 2.78. The van der Waals surface area contributed by atoms with Crippen molar-refractivity contribution < 1.29 is 18.5 Å². The van der Waals surface area contributed by atoms with Crippen LogP contribution in [0.1, 0.15) is 25.0 Å². The molecule has 4 rings (SSSR count). The fourth-order valence-electron chi connectivity index (χ4n) is 3.33. The minimum atomic E-state index is 0.140. The maximum Gasteiger partial charge on any atom is 0.222 e. The van der Waals surface area contributed by atoms with Crippen molar-refractivity contribution in [3.05, 3.63) is 30.2 Å². The lowest BCUT2D eigenvalue weighted by Crippen LogP contribution is -2.46. The molecule has 0 aliphatic carbocycles. The number of rotatable bonds is 3. The van der Waals surface area contributed by atoms with Gasteiger partial charge < -0.3 is 18.6 Å². The molecule has 0 N–H and O–H groups in total. The molecule has 22 heavy (non-hydrogen) atoms. The van der Waals surface area contributed by atoms with Gasteiger partial charge >= 0.3 is 0 Å². The molecule has 0 saturated carbocycles. The topological polar surface area (TPSA) is 68.7 Å². The Morgan fingerprint density at radius 3 is 3.05 bits per heavy atom. The molecule has 6 heteroatoms. The van der Waals surface area contributed by atoms with Crippen molar-refractivity contribution in [3.63, 3.8) is 0 Å². The molecule has 6 nitrogen and oxygen atoms in total. The molecule has 2 aromatic rings. The minimum Gasteiger partial charge on any atom is -0.461 e. The van der Waals surface area contributed by atoms with Crippen LogP contribution in [0.25, 0.3) is 11.5 Å². The number of aromatic nitrogens is 1. The van der Waals surface area contributed by atoms with Gasteiger partial charge in [-0.25, -0.2) is 0 Å². The van der Waals surface area contributed by atoms with Gasteiger partial charge in [0.25, 0.3) is 0 Å². The van der Waals surface area contributed by atoms with Crippen molar-refractivity contribution in [3.8, 4) is 11.5 Å². The van der Waals surface area contributed by atoms with E-state index in [0.29, 0.717) is 24.5 Å².